The maximum atomic E-state index is 13.7. The average Bonchev–Trinajstić information content (AvgIpc) is 2.28. The second-order valence-corrected chi connectivity index (χ2v) is 4.10. The first-order chi connectivity index (χ1) is 7.60. The third-order valence-electron chi connectivity index (χ3n) is 2.62. The molecule has 16 heavy (non-hydrogen) atoms. The van der Waals surface area contributed by atoms with E-state index in [2.05, 4.69) is 0 Å². The minimum Gasteiger partial charge on any atom is -0.383 e. The fourth-order valence-corrected chi connectivity index (χ4v) is 1.68. The first kappa shape index (κ1) is 13.3. The van der Waals surface area contributed by atoms with E-state index in [1.807, 2.05) is 24.9 Å². The van der Waals surface area contributed by atoms with E-state index in [1.165, 1.54) is 6.07 Å². The van der Waals surface area contributed by atoms with E-state index in [0.717, 1.165) is 5.56 Å². The third-order valence-corrected chi connectivity index (χ3v) is 2.92. The highest BCUT2D eigenvalue weighted by molar-refractivity contribution is 6.17. The van der Waals surface area contributed by atoms with Crippen LogP contribution in [0.3, 0.4) is 0 Å². The van der Waals surface area contributed by atoms with Gasteiger partial charge in [-0.05, 0) is 24.6 Å². The second-order valence-electron chi connectivity index (χ2n) is 3.83. The maximum absolute atomic E-state index is 13.7. The van der Waals surface area contributed by atoms with Gasteiger partial charge in [-0.25, -0.2) is 4.39 Å². The van der Waals surface area contributed by atoms with Gasteiger partial charge in [0.2, 0.25) is 0 Å². The van der Waals surface area contributed by atoms with Crippen molar-refractivity contribution >= 4 is 17.3 Å². The van der Waals surface area contributed by atoms with Crippen molar-refractivity contribution in [2.45, 2.75) is 18.8 Å². The predicted molar refractivity (Wildman–Crippen MR) is 65.7 cm³/mol. The number of hydrogen-bond donors (Lipinski definition) is 0. The number of nitrogens with zero attached hydrogens (tertiary/aromatic N) is 1. The number of rotatable bonds is 5. The zero-order valence-electron chi connectivity index (χ0n) is 9.84. The molecule has 0 spiro atoms. The Morgan fingerprint density at radius 2 is 2.19 bits per heavy atom. The molecule has 1 atom stereocenters. The van der Waals surface area contributed by atoms with Gasteiger partial charge in [0.05, 0.1) is 12.3 Å². The molecule has 0 aliphatic carbocycles. The van der Waals surface area contributed by atoms with Crippen molar-refractivity contribution in [3.8, 4) is 0 Å². The monoisotopic (exact) mass is 245 g/mol. The quantitative estimate of drug-likeness (QED) is 0.740. The van der Waals surface area contributed by atoms with Crippen LogP contribution in [-0.4, -0.2) is 26.8 Å². The zero-order chi connectivity index (χ0) is 12.1. The summed E-state index contributed by atoms with van der Waals surface area (Å²) in [5.41, 5.74) is 1.36. The minimum atomic E-state index is -0.247. The summed E-state index contributed by atoms with van der Waals surface area (Å²) < 4.78 is 18.8. The Morgan fingerprint density at radius 1 is 1.50 bits per heavy atom. The molecule has 2 nitrogen and oxygen atoms in total. The van der Waals surface area contributed by atoms with E-state index in [9.17, 15) is 4.39 Å². The highest BCUT2D eigenvalue weighted by Crippen LogP contribution is 2.22. The lowest BCUT2D eigenvalue weighted by molar-refractivity contribution is 0.183. The van der Waals surface area contributed by atoms with Gasteiger partial charge in [0.15, 0.2) is 0 Å². The van der Waals surface area contributed by atoms with Gasteiger partial charge in [-0.1, -0.05) is 6.07 Å². The van der Waals surface area contributed by atoms with Crippen LogP contribution in [0.5, 0.6) is 0 Å². The van der Waals surface area contributed by atoms with E-state index < -0.39 is 0 Å². The van der Waals surface area contributed by atoms with Gasteiger partial charge < -0.3 is 9.64 Å². The molecule has 0 aliphatic rings. The molecular formula is C12H17ClFNO. The van der Waals surface area contributed by atoms with Gasteiger partial charge >= 0.3 is 0 Å². The van der Waals surface area contributed by atoms with E-state index in [4.69, 9.17) is 16.3 Å². The number of anilines is 1. The molecule has 1 rings (SSSR count). The Labute approximate surface area is 101 Å². The van der Waals surface area contributed by atoms with E-state index in [0.29, 0.717) is 18.2 Å². The highest BCUT2D eigenvalue weighted by atomic mass is 35.5. The van der Waals surface area contributed by atoms with Crippen LogP contribution in [0.4, 0.5) is 10.1 Å². The van der Waals surface area contributed by atoms with Gasteiger partial charge in [-0.3, -0.25) is 0 Å². The number of halogens is 2. The van der Waals surface area contributed by atoms with Crippen molar-refractivity contribution in [2.24, 2.45) is 0 Å². The molecule has 0 saturated carbocycles. The first-order valence-corrected chi connectivity index (χ1v) is 5.69. The van der Waals surface area contributed by atoms with Crippen molar-refractivity contribution in [1.29, 1.82) is 0 Å². The molecule has 0 N–H and O–H groups in total. The van der Waals surface area contributed by atoms with E-state index in [-0.39, 0.29) is 11.9 Å². The van der Waals surface area contributed by atoms with Crippen molar-refractivity contribution in [2.75, 3.05) is 25.7 Å². The summed E-state index contributed by atoms with van der Waals surface area (Å²) in [6, 6.07) is 5.18. The molecule has 0 radical (unpaired) electrons. The molecule has 0 aromatic heterocycles. The summed E-state index contributed by atoms with van der Waals surface area (Å²) in [5, 5.41) is 0. The van der Waals surface area contributed by atoms with Gasteiger partial charge in [-0.2, -0.15) is 0 Å². The van der Waals surface area contributed by atoms with Crippen LogP contribution in [0.15, 0.2) is 18.2 Å². The molecular weight excluding hydrogens is 229 g/mol. The lowest BCUT2D eigenvalue weighted by atomic mass is 10.2. The zero-order valence-corrected chi connectivity index (χ0v) is 10.6. The van der Waals surface area contributed by atoms with E-state index in [1.54, 1.807) is 13.2 Å². The van der Waals surface area contributed by atoms with Crippen molar-refractivity contribution in [3.63, 3.8) is 0 Å². The molecule has 0 saturated heterocycles. The Bertz CT molecular complexity index is 346. The summed E-state index contributed by atoms with van der Waals surface area (Å²) >= 11 is 5.64. The Balaban J connectivity index is 2.87. The number of alkyl halides is 1. The Morgan fingerprint density at radius 3 is 2.69 bits per heavy atom. The van der Waals surface area contributed by atoms with Crippen LogP contribution < -0.4 is 4.90 Å². The highest BCUT2D eigenvalue weighted by Gasteiger charge is 2.13. The van der Waals surface area contributed by atoms with Crippen molar-refractivity contribution in [1.82, 2.24) is 0 Å². The Hall–Kier alpha value is -0.800. The topological polar surface area (TPSA) is 12.5 Å². The summed E-state index contributed by atoms with van der Waals surface area (Å²) in [6.45, 7) is 2.55. The SMILES string of the molecule is COCC(C)N(C)c1ccc(CCl)cc1F. The standard InChI is InChI=1S/C12H17ClFNO/c1-9(8-16-3)15(2)12-5-4-10(7-13)6-11(12)14/h4-6,9H,7-8H2,1-3H3. The lowest BCUT2D eigenvalue weighted by Crippen LogP contribution is -2.33. The largest absolute Gasteiger partial charge is 0.383 e. The first-order valence-electron chi connectivity index (χ1n) is 5.16. The van der Waals surface area contributed by atoms with Crippen molar-refractivity contribution in [3.05, 3.63) is 29.6 Å². The summed E-state index contributed by atoms with van der Waals surface area (Å²) in [7, 11) is 3.49. The summed E-state index contributed by atoms with van der Waals surface area (Å²) in [6.07, 6.45) is 0. The summed E-state index contributed by atoms with van der Waals surface area (Å²) in [4.78, 5) is 1.86. The predicted octanol–water partition coefficient (Wildman–Crippen LogP) is 3.04. The van der Waals surface area contributed by atoms with Gasteiger partial charge in [-0.15, -0.1) is 11.6 Å². The fraction of sp³-hybridized carbons (Fsp3) is 0.500. The van der Waals surface area contributed by atoms with Gasteiger partial charge in [0, 0.05) is 26.1 Å². The van der Waals surface area contributed by atoms with Crippen LogP contribution in [-0.2, 0) is 10.6 Å². The average molecular weight is 246 g/mol. The molecule has 0 aliphatic heterocycles. The molecule has 0 bridgehead atoms. The molecule has 1 unspecified atom stereocenters. The van der Waals surface area contributed by atoms with Crippen molar-refractivity contribution < 1.29 is 9.13 Å². The number of likely N-dealkylation sites (N-methyl/N-ethyl adjacent to an activating group) is 1. The molecule has 1 aromatic carbocycles. The molecule has 4 heteroatoms. The lowest BCUT2D eigenvalue weighted by Gasteiger charge is -2.26. The van der Waals surface area contributed by atoms with Gasteiger partial charge in [0.25, 0.3) is 0 Å². The van der Waals surface area contributed by atoms with Crippen LogP contribution in [0, 0.1) is 5.82 Å². The second kappa shape index (κ2) is 6.06. The van der Waals surface area contributed by atoms with Crippen LogP contribution >= 0.6 is 11.6 Å². The van der Waals surface area contributed by atoms with Crippen LogP contribution in [0.1, 0.15) is 12.5 Å². The normalized spacial score (nSPS) is 12.6. The smallest absolute Gasteiger partial charge is 0.146 e. The third kappa shape index (κ3) is 3.09. The fourth-order valence-electron chi connectivity index (χ4n) is 1.51. The Kier molecular flexibility index (Phi) is 5.03. The maximum Gasteiger partial charge on any atom is 0.146 e. The minimum absolute atomic E-state index is 0.126. The summed E-state index contributed by atoms with van der Waals surface area (Å²) in [5.74, 6) is 0.0813. The van der Waals surface area contributed by atoms with Crippen LogP contribution in [0.25, 0.3) is 0 Å². The number of hydrogen-bond acceptors (Lipinski definition) is 2. The number of ether oxygens (including phenoxy) is 1. The van der Waals surface area contributed by atoms with E-state index >= 15 is 0 Å². The molecule has 1 aromatic rings. The number of benzene rings is 1. The molecule has 0 heterocycles. The molecule has 0 fully saturated rings. The van der Waals surface area contributed by atoms with Gasteiger partial charge in [0.1, 0.15) is 5.82 Å². The molecule has 90 valence electrons. The molecule has 0 amide bonds. The van der Waals surface area contributed by atoms with Crippen LogP contribution in [0.2, 0.25) is 0 Å². The number of methoxy groups -OCH3 is 1.